The summed E-state index contributed by atoms with van der Waals surface area (Å²) in [5.74, 6) is -0.305. The molecule has 0 aliphatic heterocycles. The van der Waals surface area contributed by atoms with Gasteiger partial charge in [-0.05, 0) is 55.5 Å². The highest BCUT2D eigenvalue weighted by Crippen LogP contribution is 2.21. The second-order valence-corrected chi connectivity index (χ2v) is 6.58. The number of anilines is 3. The van der Waals surface area contributed by atoms with Crippen LogP contribution in [-0.4, -0.2) is 23.8 Å². The Morgan fingerprint density at radius 2 is 1.68 bits per heavy atom. The molecule has 2 amide bonds. The van der Waals surface area contributed by atoms with Gasteiger partial charge >= 0.3 is 0 Å². The minimum atomic E-state index is -0.376. The normalized spacial score (nSPS) is 10.2. The van der Waals surface area contributed by atoms with Gasteiger partial charge in [-0.2, -0.15) is 0 Å². The zero-order valence-corrected chi connectivity index (χ0v) is 16.2. The van der Waals surface area contributed by atoms with Crippen LogP contribution in [0.3, 0.4) is 0 Å². The van der Waals surface area contributed by atoms with E-state index >= 15 is 0 Å². The van der Waals surface area contributed by atoms with E-state index in [0.717, 1.165) is 11.3 Å². The van der Waals surface area contributed by atoms with Crippen LogP contribution in [0.15, 0.2) is 60.8 Å². The molecule has 6 nitrogen and oxygen atoms in total. The minimum Gasteiger partial charge on any atom is -0.388 e. The van der Waals surface area contributed by atoms with Gasteiger partial charge in [0.05, 0.1) is 16.3 Å². The molecule has 0 aliphatic rings. The number of pyridine rings is 1. The summed E-state index contributed by atoms with van der Waals surface area (Å²) in [4.78, 5) is 29.4. The van der Waals surface area contributed by atoms with Crippen molar-refractivity contribution in [3.05, 3.63) is 82.5 Å². The van der Waals surface area contributed by atoms with Crippen LogP contribution in [0, 0.1) is 6.92 Å². The molecule has 2 aromatic carbocycles. The quantitative estimate of drug-likeness (QED) is 0.591. The number of carbonyl (C=O) groups excluding carboxylic acids is 2. The standard InChI is InChI=1S/C21H19ClN4O2/c1-13-3-9-18(25-20(27)14-4-7-16(23-2)8-5-14)17(11-13)21(28)26-19-10-6-15(22)12-24-19/h3-12,23H,1-2H3,(H,25,27)(H,24,26,28). The van der Waals surface area contributed by atoms with E-state index in [9.17, 15) is 9.59 Å². The first-order chi connectivity index (χ1) is 13.5. The number of nitrogens with zero attached hydrogens (tertiary/aromatic N) is 1. The zero-order valence-electron chi connectivity index (χ0n) is 15.4. The third kappa shape index (κ3) is 4.66. The number of benzene rings is 2. The Hall–Kier alpha value is -3.38. The lowest BCUT2D eigenvalue weighted by Gasteiger charge is -2.12. The van der Waals surface area contributed by atoms with Crippen molar-refractivity contribution in [2.45, 2.75) is 6.92 Å². The van der Waals surface area contributed by atoms with Crippen LogP contribution in [0.4, 0.5) is 17.2 Å². The summed E-state index contributed by atoms with van der Waals surface area (Å²) in [5.41, 5.74) is 3.05. The number of aryl methyl sites for hydroxylation is 1. The first-order valence-corrected chi connectivity index (χ1v) is 8.97. The average molecular weight is 395 g/mol. The van der Waals surface area contributed by atoms with E-state index in [1.807, 2.05) is 32.2 Å². The molecule has 0 saturated carbocycles. The van der Waals surface area contributed by atoms with E-state index in [2.05, 4.69) is 20.9 Å². The summed E-state index contributed by atoms with van der Waals surface area (Å²) in [7, 11) is 1.81. The topological polar surface area (TPSA) is 83.1 Å². The highest BCUT2D eigenvalue weighted by molar-refractivity contribution is 6.30. The fraction of sp³-hybridized carbons (Fsp3) is 0.0952. The van der Waals surface area contributed by atoms with Crippen LogP contribution < -0.4 is 16.0 Å². The summed E-state index contributed by atoms with van der Waals surface area (Å²) in [6.45, 7) is 1.87. The van der Waals surface area contributed by atoms with Gasteiger partial charge in [-0.15, -0.1) is 0 Å². The van der Waals surface area contributed by atoms with E-state index < -0.39 is 0 Å². The SMILES string of the molecule is CNc1ccc(C(=O)Nc2ccc(C)cc2C(=O)Nc2ccc(Cl)cn2)cc1. The highest BCUT2D eigenvalue weighted by Gasteiger charge is 2.15. The van der Waals surface area contributed by atoms with Crippen molar-refractivity contribution in [1.29, 1.82) is 0 Å². The van der Waals surface area contributed by atoms with Gasteiger partial charge in [0.15, 0.2) is 0 Å². The first kappa shape index (κ1) is 19.4. The van der Waals surface area contributed by atoms with Crippen molar-refractivity contribution in [2.24, 2.45) is 0 Å². The second-order valence-electron chi connectivity index (χ2n) is 6.15. The smallest absolute Gasteiger partial charge is 0.258 e. The molecule has 0 spiro atoms. The maximum atomic E-state index is 12.7. The summed E-state index contributed by atoms with van der Waals surface area (Å²) in [6.07, 6.45) is 1.45. The molecule has 0 saturated heterocycles. The van der Waals surface area contributed by atoms with Gasteiger partial charge < -0.3 is 16.0 Å². The van der Waals surface area contributed by atoms with E-state index in [1.54, 1.807) is 36.4 Å². The molecule has 0 fully saturated rings. The number of nitrogens with one attached hydrogen (secondary N) is 3. The number of amides is 2. The number of carbonyl (C=O) groups is 2. The van der Waals surface area contributed by atoms with E-state index in [1.165, 1.54) is 6.20 Å². The predicted molar refractivity (Wildman–Crippen MR) is 112 cm³/mol. The van der Waals surface area contributed by atoms with Gasteiger partial charge in [-0.1, -0.05) is 23.2 Å². The van der Waals surface area contributed by atoms with Crippen LogP contribution in [0.1, 0.15) is 26.3 Å². The van der Waals surface area contributed by atoms with Crippen LogP contribution in [-0.2, 0) is 0 Å². The molecule has 0 aliphatic carbocycles. The van der Waals surface area contributed by atoms with E-state index in [-0.39, 0.29) is 11.8 Å². The van der Waals surface area contributed by atoms with Crippen molar-refractivity contribution in [2.75, 3.05) is 23.0 Å². The Morgan fingerprint density at radius 1 is 0.929 bits per heavy atom. The van der Waals surface area contributed by atoms with Crippen molar-refractivity contribution in [3.63, 3.8) is 0 Å². The fourth-order valence-corrected chi connectivity index (χ4v) is 2.68. The largest absolute Gasteiger partial charge is 0.388 e. The summed E-state index contributed by atoms with van der Waals surface area (Å²) < 4.78 is 0. The molecular weight excluding hydrogens is 376 g/mol. The number of rotatable bonds is 5. The molecule has 3 aromatic rings. The van der Waals surface area contributed by atoms with Gasteiger partial charge in [-0.3, -0.25) is 9.59 Å². The molecule has 1 heterocycles. The Kier molecular flexibility index (Phi) is 5.91. The molecule has 3 N–H and O–H groups in total. The lowest BCUT2D eigenvalue weighted by molar-refractivity contribution is 0.102. The minimum absolute atomic E-state index is 0.301. The fourth-order valence-electron chi connectivity index (χ4n) is 2.57. The Balaban J connectivity index is 1.82. The van der Waals surface area contributed by atoms with Crippen LogP contribution in [0.25, 0.3) is 0 Å². The van der Waals surface area contributed by atoms with Crippen LogP contribution >= 0.6 is 11.6 Å². The van der Waals surface area contributed by atoms with Crippen molar-refractivity contribution < 1.29 is 9.59 Å². The lowest BCUT2D eigenvalue weighted by Crippen LogP contribution is -2.19. The first-order valence-electron chi connectivity index (χ1n) is 8.59. The molecular formula is C21H19ClN4O2. The lowest BCUT2D eigenvalue weighted by atomic mass is 10.1. The maximum absolute atomic E-state index is 12.7. The summed E-state index contributed by atoms with van der Waals surface area (Å²) in [5, 5.41) is 9.00. The maximum Gasteiger partial charge on any atom is 0.258 e. The molecule has 0 atom stereocenters. The van der Waals surface area contributed by atoms with Gasteiger partial charge in [0, 0.05) is 24.5 Å². The Bertz CT molecular complexity index is 1000. The molecule has 0 unspecified atom stereocenters. The van der Waals surface area contributed by atoms with Crippen molar-refractivity contribution in [1.82, 2.24) is 4.98 Å². The Morgan fingerprint density at radius 3 is 2.32 bits per heavy atom. The van der Waals surface area contributed by atoms with Gasteiger partial charge in [-0.25, -0.2) is 4.98 Å². The third-order valence-corrected chi connectivity index (χ3v) is 4.30. The molecule has 28 heavy (non-hydrogen) atoms. The highest BCUT2D eigenvalue weighted by atomic mass is 35.5. The van der Waals surface area contributed by atoms with Gasteiger partial charge in [0.2, 0.25) is 0 Å². The molecule has 3 rings (SSSR count). The zero-order chi connectivity index (χ0) is 20.1. The number of hydrogen-bond acceptors (Lipinski definition) is 4. The van der Waals surface area contributed by atoms with Crippen LogP contribution in [0.2, 0.25) is 5.02 Å². The van der Waals surface area contributed by atoms with Crippen molar-refractivity contribution >= 4 is 40.6 Å². The van der Waals surface area contributed by atoms with E-state index in [0.29, 0.717) is 27.7 Å². The summed E-state index contributed by atoms with van der Waals surface area (Å²) >= 11 is 5.82. The third-order valence-electron chi connectivity index (χ3n) is 4.07. The summed E-state index contributed by atoms with van der Waals surface area (Å²) in [6, 6.07) is 15.5. The van der Waals surface area contributed by atoms with Gasteiger partial charge in [0.25, 0.3) is 11.8 Å². The molecule has 0 bridgehead atoms. The molecule has 1 aromatic heterocycles. The number of halogens is 1. The number of aromatic nitrogens is 1. The molecule has 7 heteroatoms. The average Bonchev–Trinajstić information content (AvgIpc) is 2.71. The predicted octanol–water partition coefficient (Wildman–Crippen LogP) is 4.59. The van der Waals surface area contributed by atoms with Gasteiger partial charge in [0.1, 0.15) is 5.82 Å². The van der Waals surface area contributed by atoms with E-state index in [4.69, 9.17) is 11.6 Å². The Labute approximate surface area is 168 Å². The second kappa shape index (κ2) is 8.54. The number of hydrogen-bond donors (Lipinski definition) is 3. The molecule has 142 valence electrons. The van der Waals surface area contributed by atoms with Crippen LogP contribution in [0.5, 0.6) is 0 Å². The van der Waals surface area contributed by atoms with Crippen molar-refractivity contribution in [3.8, 4) is 0 Å². The molecule has 0 radical (unpaired) electrons. The monoisotopic (exact) mass is 394 g/mol.